The van der Waals surface area contributed by atoms with E-state index in [4.69, 9.17) is 14.2 Å². The number of nitrogens with zero attached hydrogens (tertiary/aromatic N) is 1. The van der Waals surface area contributed by atoms with Crippen molar-refractivity contribution in [1.29, 1.82) is 0 Å². The number of hydrogen-bond donors (Lipinski definition) is 0. The average molecular weight is 287 g/mol. The van der Waals surface area contributed by atoms with Crippen molar-refractivity contribution in [3.05, 3.63) is 0 Å². The van der Waals surface area contributed by atoms with Crippen molar-refractivity contribution in [3.63, 3.8) is 0 Å². The molecule has 0 aliphatic carbocycles. The van der Waals surface area contributed by atoms with E-state index in [1.165, 1.54) is 0 Å². The van der Waals surface area contributed by atoms with Gasteiger partial charge in [-0.2, -0.15) is 0 Å². The summed E-state index contributed by atoms with van der Waals surface area (Å²) in [5.74, 6) is -0.248. The fourth-order valence-electron chi connectivity index (χ4n) is 1.97. The van der Waals surface area contributed by atoms with E-state index in [1.54, 1.807) is 11.8 Å². The van der Waals surface area contributed by atoms with Crippen molar-refractivity contribution in [2.24, 2.45) is 0 Å². The molecule has 116 valence electrons. The number of esters is 1. The molecule has 1 fully saturated rings. The van der Waals surface area contributed by atoms with E-state index in [0.29, 0.717) is 32.8 Å². The summed E-state index contributed by atoms with van der Waals surface area (Å²) in [6, 6.07) is -0.136. The summed E-state index contributed by atoms with van der Waals surface area (Å²) in [5.41, 5.74) is -0.527. The largest absolute Gasteiger partial charge is 0.466 e. The molecule has 1 unspecified atom stereocenters. The molecule has 0 radical (unpaired) electrons. The van der Waals surface area contributed by atoms with Gasteiger partial charge in [0.2, 0.25) is 0 Å². The van der Waals surface area contributed by atoms with E-state index in [2.05, 4.69) is 0 Å². The number of amides is 1. The fraction of sp³-hybridized carbons (Fsp3) is 0.857. The number of hydrogen-bond acceptors (Lipinski definition) is 5. The molecule has 0 spiro atoms. The zero-order valence-electron chi connectivity index (χ0n) is 12.8. The molecule has 0 aromatic carbocycles. The quantitative estimate of drug-likeness (QED) is 0.740. The summed E-state index contributed by atoms with van der Waals surface area (Å²) in [6.45, 7) is 9.05. The molecule has 20 heavy (non-hydrogen) atoms. The lowest BCUT2D eigenvalue weighted by Gasteiger charge is -2.36. The molecule has 1 amide bonds. The smallest absolute Gasteiger partial charge is 0.410 e. The van der Waals surface area contributed by atoms with E-state index >= 15 is 0 Å². The Labute approximate surface area is 120 Å². The van der Waals surface area contributed by atoms with E-state index in [9.17, 15) is 9.59 Å². The number of carbonyl (C=O) groups is 2. The van der Waals surface area contributed by atoms with E-state index < -0.39 is 5.60 Å². The lowest BCUT2D eigenvalue weighted by atomic mass is 10.1. The first-order valence-electron chi connectivity index (χ1n) is 7.06. The van der Waals surface area contributed by atoms with E-state index in [0.717, 1.165) is 0 Å². The highest BCUT2D eigenvalue weighted by molar-refractivity contribution is 5.70. The SMILES string of the molecule is CCOC(=O)CCC1COCCN1C(=O)OC(C)(C)C. The van der Waals surface area contributed by atoms with Crippen LogP contribution in [0.1, 0.15) is 40.5 Å². The van der Waals surface area contributed by atoms with Crippen LogP contribution < -0.4 is 0 Å². The first-order valence-corrected chi connectivity index (χ1v) is 7.06. The highest BCUT2D eigenvalue weighted by Crippen LogP contribution is 2.17. The Morgan fingerprint density at radius 1 is 1.35 bits per heavy atom. The normalized spacial score (nSPS) is 19.6. The van der Waals surface area contributed by atoms with Crippen LogP contribution in [0.3, 0.4) is 0 Å². The Kier molecular flexibility index (Phi) is 6.26. The molecule has 1 saturated heterocycles. The minimum atomic E-state index is -0.527. The van der Waals surface area contributed by atoms with Crippen LogP contribution in [0.2, 0.25) is 0 Å². The topological polar surface area (TPSA) is 65.1 Å². The molecule has 6 nitrogen and oxygen atoms in total. The van der Waals surface area contributed by atoms with Gasteiger partial charge in [-0.25, -0.2) is 4.79 Å². The van der Waals surface area contributed by atoms with E-state index in [-0.39, 0.29) is 24.5 Å². The molecule has 1 aliphatic rings. The highest BCUT2D eigenvalue weighted by Gasteiger charge is 2.31. The van der Waals surface area contributed by atoms with Gasteiger partial charge in [0.05, 0.1) is 25.9 Å². The van der Waals surface area contributed by atoms with Gasteiger partial charge in [0.1, 0.15) is 5.60 Å². The van der Waals surface area contributed by atoms with Crippen LogP contribution in [0.15, 0.2) is 0 Å². The lowest BCUT2D eigenvalue weighted by Crippen LogP contribution is -2.50. The van der Waals surface area contributed by atoms with E-state index in [1.807, 2.05) is 20.8 Å². The molecule has 0 bridgehead atoms. The van der Waals surface area contributed by atoms with Crippen molar-refractivity contribution in [1.82, 2.24) is 4.90 Å². The van der Waals surface area contributed by atoms with Crippen LogP contribution in [0, 0.1) is 0 Å². The molecule has 1 rings (SSSR count). The summed E-state index contributed by atoms with van der Waals surface area (Å²) in [7, 11) is 0. The Hall–Kier alpha value is -1.30. The predicted octanol–water partition coefficient (Wildman–Crippen LogP) is 1.97. The third-order valence-corrected chi connectivity index (χ3v) is 2.84. The van der Waals surface area contributed by atoms with Crippen LogP contribution in [-0.4, -0.2) is 55.0 Å². The number of ether oxygens (including phenoxy) is 3. The van der Waals surface area contributed by atoms with Crippen molar-refractivity contribution in [2.45, 2.75) is 52.2 Å². The van der Waals surface area contributed by atoms with Crippen molar-refractivity contribution < 1.29 is 23.8 Å². The second kappa shape index (κ2) is 7.47. The van der Waals surface area contributed by atoms with Crippen molar-refractivity contribution in [3.8, 4) is 0 Å². The van der Waals surface area contributed by atoms with Gasteiger partial charge in [-0.3, -0.25) is 4.79 Å². The van der Waals surface area contributed by atoms with Crippen molar-refractivity contribution >= 4 is 12.1 Å². The molecular weight excluding hydrogens is 262 g/mol. The van der Waals surface area contributed by atoms with Gasteiger partial charge in [-0.15, -0.1) is 0 Å². The molecule has 0 aromatic heterocycles. The first-order chi connectivity index (χ1) is 9.33. The summed E-state index contributed by atoms with van der Waals surface area (Å²) in [4.78, 5) is 25.2. The number of carbonyl (C=O) groups excluding carboxylic acids is 2. The van der Waals surface area contributed by atoms with Gasteiger partial charge in [0, 0.05) is 13.0 Å². The monoisotopic (exact) mass is 287 g/mol. The molecule has 1 atom stereocenters. The van der Waals surface area contributed by atoms with Gasteiger partial charge in [-0.1, -0.05) is 0 Å². The Morgan fingerprint density at radius 3 is 2.65 bits per heavy atom. The fourth-order valence-corrected chi connectivity index (χ4v) is 1.97. The van der Waals surface area contributed by atoms with Crippen LogP contribution in [-0.2, 0) is 19.0 Å². The highest BCUT2D eigenvalue weighted by atomic mass is 16.6. The second-order valence-corrected chi connectivity index (χ2v) is 5.75. The minimum absolute atomic E-state index is 0.136. The average Bonchev–Trinajstić information content (AvgIpc) is 2.35. The van der Waals surface area contributed by atoms with Crippen molar-refractivity contribution in [2.75, 3.05) is 26.4 Å². The molecule has 0 N–H and O–H groups in total. The lowest BCUT2D eigenvalue weighted by molar-refractivity contribution is -0.143. The van der Waals surface area contributed by atoms with Crippen LogP contribution >= 0.6 is 0 Å². The number of morpholine rings is 1. The summed E-state index contributed by atoms with van der Waals surface area (Å²) >= 11 is 0. The summed E-state index contributed by atoms with van der Waals surface area (Å²) in [6.07, 6.45) is 0.453. The minimum Gasteiger partial charge on any atom is -0.466 e. The molecule has 1 aliphatic heterocycles. The maximum Gasteiger partial charge on any atom is 0.410 e. The van der Waals surface area contributed by atoms with Crippen LogP contribution in [0.4, 0.5) is 4.79 Å². The molecule has 6 heteroatoms. The maximum absolute atomic E-state index is 12.1. The molecule has 0 aromatic rings. The van der Waals surface area contributed by atoms with Gasteiger partial charge in [0.25, 0.3) is 0 Å². The van der Waals surface area contributed by atoms with Gasteiger partial charge < -0.3 is 19.1 Å². The summed E-state index contributed by atoms with van der Waals surface area (Å²) < 4.78 is 15.7. The Morgan fingerprint density at radius 2 is 2.05 bits per heavy atom. The van der Waals surface area contributed by atoms with Gasteiger partial charge >= 0.3 is 12.1 Å². The Balaban J connectivity index is 2.53. The number of rotatable bonds is 4. The Bertz CT molecular complexity index is 337. The maximum atomic E-state index is 12.1. The predicted molar refractivity (Wildman–Crippen MR) is 73.4 cm³/mol. The van der Waals surface area contributed by atoms with Gasteiger partial charge in [-0.05, 0) is 34.1 Å². The first kappa shape index (κ1) is 16.8. The third-order valence-electron chi connectivity index (χ3n) is 2.84. The zero-order chi connectivity index (χ0) is 15.2. The summed E-state index contributed by atoms with van der Waals surface area (Å²) in [5, 5.41) is 0. The second-order valence-electron chi connectivity index (χ2n) is 5.75. The standard InChI is InChI=1S/C14H25NO5/c1-5-19-12(16)7-6-11-10-18-9-8-15(11)13(17)20-14(2,3)4/h11H,5-10H2,1-4H3. The van der Waals surface area contributed by atoms with Crippen LogP contribution in [0.5, 0.6) is 0 Å². The molecule has 0 saturated carbocycles. The third kappa shape index (κ3) is 5.77. The molecule has 1 heterocycles. The van der Waals surface area contributed by atoms with Gasteiger partial charge in [0.15, 0.2) is 0 Å². The van der Waals surface area contributed by atoms with Crippen LogP contribution in [0.25, 0.3) is 0 Å². The zero-order valence-corrected chi connectivity index (χ0v) is 12.8. The molecular formula is C14H25NO5.